The van der Waals surface area contributed by atoms with Crippen molar-refractivity contribution in [3.8, 4) is 16.3 Å². The topological polar surface area (TPSA) is 59.4 Å². The molecule has 0 saturated heterocycles. The highest BCUT2D eigenvalue weighted by Crippen LogP contribution is 2.26. The SMILES string of the molecule is O=C(O)c1cccc(OCc2csc(-c3ccccc3F)n2)c1. The van der Waals surface area contributed by atoms with Crippen LogP contribution in [0.1, 0.15) is 16.1 Å². The van der Waals surface area contributed by atoms with E-state index < -0.39 is 5.97 Å². The molecule has 3 aromatic rings. The van der Waals surface area contributed by atoms with Crippen LogP contribution in [0.25, 0.3) is 10.6 Å². The van der Waals surface area contributed by atoms with Gasteiger partial charge in [-0.2, -0.15) is 0 Å². The summed E-state index contributed by atoms with van der Waals surface area (Å²) in [4.78, 5) is 15.3. The lowest BCUT2D eigenvalue weighted by Crippen LogP contribution is -1.99. The van der Waals surface area contributed by atoms with Crippen molar-refractivity contribution < 1.29 is 19.0 Å². The largest absolute Gasteiger partial charge is 0.487 e. The highest BCUT2D eigenvalue weighted by Gasteiger charge is 2.10. The summed E-state index contributed by atoms with van der Waals surface area (Å²) in [5.41, 5.74) is 1.28. The summed E-state index contributed by atoms with van der Waals surface area (Å²) in [6, 6.07) is 12.7. The van der Waals surface area contributed by atoms with Crippen LogP contribution < -0.4 is 4.74 Å². The molecular formula is C17H12FNO3S. The van der Waals surface area contributed by atoms with Gasteiger partial charge in [0.05, 0.1) is 11.3 Å². The van der Waals surface area contributed by atoms with Crippen LogP contribution >= 0.6 is 11.3 Å². The molecule has 0 saturated carbocycles. The highest BCUT2D eigenvalue weighted by molar-refractivity contribution is 7.13. The maximum Gasteiger partial charge on any atom is 0.335 e. The Labute approximate surface area is 135 Å². The predicted molar refractivity (Wildman–Crippen MR) is 85.2 cm³/mol. The molecule has 0 amide bonds. The van der Waals surface area contributed by atoms with E-state index in [4.69, 9.17) is 9.84 Å². The fourth-order valence-corrected chi connectivity index (χ4v) is 2.84. The van der Waals surface area contributed by atoms with E-state index in [1.54, 1.807) is 35.7 Å². The minimum atomic E-state index is -1.01. The molecule has 1 heterocycles. The summed E-state index contributed by atoms with van der Waals surface area (Å²) in [6.07, 6.45) is 0. The van der Waals surface area contributed by atoms with E-state index in [1.165, 1.54) is 29.5 Å². The van der Waals surface area contributed by atoms with Gasteiger partial charge in [-0.05, 0) is 30.3 Å². The van der Waals surface area contributed by atoms with Crippen molar-refractivity contribution in [3.63, 3.8) is 0 Å². The number of nitrogens with zero attached hydrogens (tertiary/aromatic N) is 1. The van der Waals surface area contributed by atoms with Crippen LogP contribution in [-0.2, 0) is 6.61 Å². The van der Waals surface area contributed by atoms with Crippen molar-refractivity contribution in [1.82, 2.24) is 4.98 Å². The van der Waals surface area contributed by atoms with Crippen molar-refractivity contribution in [2.45, 2.75) is 6.61 Å². The van der Waals surface area contributed by atoms with Crippen LogP contribution in [0.2, 0.25) is 0 Å². The standard InChI is InChI=1S/C17H12FNO3S/c18-15-7-2-1-6-14(15)16-19-12(10-23-16)9-22-13-5-3-4-11(8-13)17(20)21/h1-8,10H,9H2,(H,20,21). The van der Waals surface area contributed by atoms with Gasteiger partial charge in [0, 0.05) is 10.9 Å². The van der Waals surface area contributed by atoms with E-state index in [-0.39, 0.29) is 18.0 Å². The van der Waals surface area contributed by atoms with Gasteiger partial charge in [-0.15, -0.1) is 11.3 Å². The number of ether oxygens (including phenoxy) is 1. The van der Waals surface area contributed by atoms with Crippen molar-refractivity contribution in [1.29, 1.82) is 0 Å². The second kappa shape index (κ2) is 6.58. The molecule has 2 aromatic carbocycles. The van der Waals surface area contributed by atoms with Crippen LogP contribution in [-0.4, -0.2) is 16.1 Å². The lowest BCUT2D eigenvalue weighted by Gasteiger charge is -2.05. The predicted octanol–water partition coefficient (Wildman–Crippen LogP) is 4.23. The number of halogens is 1. The Kier molecular flexibility index (Phi) is 4.34. The molecule has 0 aliphatic heterocycles. The molecule has 1 N–H and O–H groups in total. The molecule has 0 unspecified atom stereocenters. The number of carbonyl (C=O) groups is 1. The van der Waals surface area contributed by atoms with Gasteiger partial charge >= 0.3 is 5.97 Å². The van der Waals surface area contributed by atoms with Crippen LogP contribution in [0, 0.1) is 5.82 Å². The quantitative estimate of drug-likeness (QED) is 0.761. The summed E-state index contributed by atoms with van der Waals surface area (Å²) in [5.74, 6) is -0.875. The number of hydrogen-bond acceptors (Lipinski definition) is 4. The Balaban J connectivity index is 1.72. The first-order valence-electron chi connectivity index (χ1n) is 6.79. The molecule has 0 aliphatic carbocycles. The van der Waals surface area contributed by atoms with Gasteiger partial charge in [-0.3, -0.25) is 0 Å². The third kappa shape index (κ3) is 3.54. The lowest BCUT2D eigenvalue weighted by atomic mass is 10.2. The molecule has 3 rings (SSSR count). The van der Waals surface area contributed by atoms with E-state index in [2.05, 4.69) is 4.98 Å². The van der Waals surface area contributed by atoms with Gasteiger partial charge in [-0.1, -0.05) is 18.2 Å². The molecule has 116 valence electrons. The Hall–Kier alpha value is -2.73. The van der Waals surface area contributed by atoms with Crippen molar-refractivity contribution >= 4 is 17.3 Å². The zero-order chi connectivity index (χ0) is 16.2. The number of benzene rings is 2. The normalized spacial score (nSPS) is 10.5. The molecule has 0 radical (unpaired) electrons. The first kappa shape index (κ1) is 15.2. The van der Waals surface area contributed by atoms with Gasteiger partial charge in [0.2, 0.25) is 0 Å². The second-order valence-corrected chi connectivity index (χ2v) is 5.60. The summed E-state index contributed by atoms with van der Waals surface area (Å²) in [5, 5.41) is 11.3. The molecule has 0 atom stereocenters. The zero-order valence-electron chi connectivity index (χ0n) is 11.9. The number of aromatic nitrogens is 1. The average molecular weight is 329 g/mol. The van der Waals surface area contributed by atoms with Gasteiger partial charge in [-0.25, -0.2) is 14.2 Å². The molecular weight excluding hydrogens is 317 g/mol. The zero-order valence-corrected chi connectivity index (χ0v) is 12.7. The van der Waals surface area contributed by atoms with Crippen molar-refractivity contribution in [2.75, 3.05) is 0 Å². The summed E-state index contributed by atoms with van der Waals surface area (Å²) in [7, 11) is 0. The molecule has 0 bridgehead atoms. The Morgan fingerprint density at radius 1 is 1.22 bits per heavy atom. The van der Waals surface area contributed by atoms with E-state index >= 15 is 0 Å². The third-order valence-electron chi connectivity index (χ3n) is 3.12. The van der Waals surface area contributed by atoms with Crippen LogP contribution in [0.5, 0.6) is 5.75 Å². The molecule has 0 aliphatic rings. The second-order valence-electron chi connectivity index (χ2n) is 4.75. The first-order chi connectivity index (χ1) is 11.1. The first-order valence-corrected chi connectivity index (χ1v) is 7.67. The van der Waals surface area contributed by atoms with Crippen molar-refractivity contribution in [2.24, 2.45) is 0 Å². The average Bonchev–Trinajstić information content (AvgIpc) is 3.02. The van der Waals surface area contributed by atoms with Gasteiger partial charge in [0.25, 0.3) is 0 Å². The van der Waals surface area contributed by atoms with Crippen molar-refractivity contribution in [3.05, 3.63) is 71.0 Å². The summed E-state index contributed by atoms with van der Waals surface area (Å²) in [6.45, 7) is 0.189. The number of carboxylic acid groups (broad SMARTS) is 1. The fraction of sp³-hybridized carbons (Fsp3) is 0.0588. The molecule has 23 heavy (non-hydrogen) atoms. The third-order valence-corrected chi connectivity index (χ3v) is 4.05. The number of thiazole rings is 1. The van der Waals surface area contributed by atoms with E-state index in [9.17, 15) is 9.18 Å². The summed E-state index contributed by atoms with van der Waals surface area (Å²) >= 11 is 1.33. The molecule has 6 heteroatoms. The fourth-order valence-electron chi connectivity index (χ4n) is 2.01. The number of rotatable bonds is 5. The minimum absolute atomic E-state index is 0.160. The van der Waals surface area contributed by atoms with E-state index in [0.717, 1.165) is 0 Å². The smallest absolute Gasteiger partial charge is 0.335 e. The Bertz CT molecular complexity index is 847. The number of aromatic carboxylic acids is 1. The highest BCUT2D eigenvalue weighted by atomic mass is 32.1. The molecule has 0 fully saturated rings. The molecule has 1 aromatic heterocycles. The molecule has 4 nitrogen and oxygen atoms in total. The number of carboxylic acids is 1. The van der Waals surface area contributed by atoms with E-state index in [0.29, 0.717) is 22.0 Å². The monoisotopic (exact) mass is 329 g/mol. The van der Waals surface area contributed by atoms with Gasteiger partial charge in [0.15, 0.2) is 0 Å². The van der Waals surface area contributed by atoms with Crippen LogP contribution in [0.15, 0.2) is 53.9 Å². The van der Waals surface area contributed by atoms with Gasteiger partial charge in [0.1, 0.15) is 23.2 Å². The van der Waals surface area contributed by atoms with E-state index in [1.807, 2.05) is 0 Å². The minimum Gasteiger partial charge on any atom is -0.487 e. The number of hydrogen-bond donors (Lipinski definition) is 1. The molecule has 0 spiro atoms. The lowest BCUT2D eigenvalue weighted by molar-refractivity contribution is 0.0696. The van der Waals surface area contributed by atoms with Gasteiger partial charge < -0.3 is 9.84 Å². The van der Waals surface area contributed by atoms with Crippen LogP contribution in [0.4, 0.5) is 4.39 Å². The van der Waals surface area contributed by atoms with Crippen LogP contribution in [0.3, 0.4) is 0 Å². The Morgan fingerprint density at radius 3 is 2.83 bits per heavy atom. The Morgan fingerprint density at radius 2 is 2.04 bits per heavy atom. The maximum absolute atomic E-state index is 13.7. The summed E-state index contributed by atoms with van der Waals surface area (Å²) < 4.78 is 19.3. The maximum atomic E-state index is 13.7.